The highest BCUT2D eigenvalue weighted by Crippen LogP contribution is 2.20. The van der Waals surface area contributed by atoms with Crippen molar-refractivity contribution in [3.05, 3.63) is 86.8 Å². The zero-order chi connectivity index (χ0) is 24.9. The molecule has 0 fully saturated rings. The lowest BCUT2D eigenvalue weighted by Crippen LogP contribution is -2.18. The van der Waals surface area contributed by atoms with Crippen molar-refractivity contribution in [2.45, 2.75) is 26.9 Å². The van der Waals surface area contributed by atoms with Crippen molar-refractivity contribution in [1.29, 1.82) is 0 Å². The minimum Gasteiger partial charge on any atom is -0.497 e. The Morgan fingerprint density at radius 2 is 1.86 bits per heavy atom. The van der Waals surface area contributed by atoms with Crippen LogP contribution in [0.3, 0.4) is 0 Å². The maximum absolute atomic E-state index is 12.8. The van der Waals surface area contributed by atoms with Gasteiger partial charge in [0.05, 0.1) is 24.1 Å². The van der Waals surface area contributed by atoms with Crippen LogP contribution in [0.4, 0.5) is 5.69 Å². The summed E-state index contributed by atoms with van der Waals surface area (Å²) in [7, 11) is 1.54. The molecule has 0 saturated carbocycles. The molecule has 0 spiro atoms. The van der Waals surface area contributed by atoms with Crippen molar-refractivity contribution < 1.29 is 19.1 Å². The number of hydrogen-bond donors (Lipinski definition) is 1. The number of nitrogens with one attached hydrogen (secondary N) is 1. The van der Waals surface area contributed by atoms with Gasteiger partial charge in [-0.25, -0.2) is 9.78 Å². The summed E-state index contributed by atoms with van der Waals surface area (Å²) in [4.78, 5) is 42.7. The van der Waals surface area contributed by atoms with E-state index in [9.17, 15) is 14.4 Å². The third-order valence-electron chi connectivity index (χ3n) is 5.02. The van der Waals surface area contributed by atoms with Crippen LogP contribution in [0, 0.1) is 5.92 Å². The van der Waals surface area contributed by atoms with Crippen LogP contribution in [0.2, 0.25) is 0 Å². The highest BCUT2D eigenvalue weighted by molar-refractivity contribution is 7.16. The standard InChI is InChI=1S/C25H24N4O5S/c1-15(2)12-21-28-29-22(30)13-17(26-25(29)35-21)14-34-24(32)19-6-4-5-7-20(19)27-23(31)16-8-10-18(33-3)11-9-16/h4-11,13,15H,12,14H2,1-3H3,(H,27,31). The van der Waals surface area contributed by atoms with Gasteiger partial charge in [-0.3, -0.25) is 9.59 Å². The highest BCUT2D eigenvalue weighted by Gasteiger charge is 2.17. The molecule has 0 saturated heterocycles. The summed E-state index contributed by atoms with van der Waals surface area (Å²) >= 11 is 1.34. The van der Waals surface area contributed by atoms with Gasteiger partial charge in [0.1, 0.15) is 17.4 Å². The first-order chi connectivity index (χ1) is 16.8. The minimum atomic E-state index is -0.651. The number of benzene rings is 2. The van der Waals surface area contributed by atoms with Gasteiger partial charge in [0, 0.05) is 18.1 Å². The van der Waals surface area contributed by atoms with E-state index in [4.69, 9.17) is 9.47 Å². The van der Waals surface area contributed by atoms with Crippen LogP contribution in [0.5, 0.6) is 5.75 Å². The molecule has 1 N–H and O–H groups in total. The number of carbonyl (C=O) groups is 2. The van der Waals surface area contributed by atoms with Gasteiger partial charge in [-0.05, 0) is 42.3 Å². The number of methoxy groups -OCH3 is 1. The van der Waals surface area contributed by atoms with Crippen LogP contribution in [0.1, 0.15) is 45.3 Å². The molecule has 0 aliphatic heterocycles. The van der Waals surface area contributed by atoms with Gasteiger partial charge in [0.25, 0.3) is 11.5 Å². The Labute approximate surface area is 205 Å². The molecule has 2 heterocycles. The molecule has 0 bridgehead atoms. The largest absolute Gasteiger partial charge is 0.497 e. The van der Waals surface area contributed by atoms with E-state index in [1.165, 1.54) is 21.9 Å². The number of esters is 1. The topological polar surface area (TPSA) is 112 Å². The third-order valence-corrected chi connectivity index (χ3v) is 5.95. The third kappa shape index (κ3) is 5.72. The second-order valence-corrected chi connectivity index (χ2v) is 9.22. The Morgan fingerprint density at radius 1 is 1.11 bits per heavy atom. The molecule has 2 aromatic carbocycles. The zero-order valence-electron chi connectivity index (χ0n) is 19.5. The first-order valence-corrected chi connectivity index (χ1v) is 11.8. The number of carbonyl (C=O) groups excluding carboxylic acids is 2. The van der Waals surface area contributed by atoms with E-state index in [1.807, 2.05) is 0 Å². The number of hydrogen-bond acceptors (Lipinski definition) is 8. The maximum Gasteiger partial charge on any atom is 0.340 e. The van der Waals surface area contributed by atoms with Crippen molar-refractivity contribution in [1.82, 2.24) is 14.6 Å². The molecular weight excluding hydrogens is 468 g/mol. The van der Waals surface area contributed by atoms with E-state index in [1.54, 1.807) is 55.6 Å². The number of aromatic nitrogens is 3. The molecule has 0 aliphatic rings. The molecular formula is C25H24N4O5S. The molecule has 180 valence electrons. The average molecular weight is 493 g/mol. The average Bonchev–Trinajstić information content (AvgIpc) is 3.25. The summed E-state index contributed by atoms with van der Waals surface area (Å²) in [6.45, 7) is 3.96. The lowest BCUT2D eigenvalue weighted by Gasteiger charge is -2.11. The molecule has 1 amide bonds. The van der Waals surface area contributed by atoms with Gasteiger partial charge in [-0.1, -0.05) is 37.3 Å². The Bertz CT molecular complexity index is 1430. The molecule has 0 radical (unpaired) electrons. The fourth-order valence-electron chi connectivity index (χ4n) is 3.33. The lowest BCUT2D eigenvalue weighted by molar-refractivity contribution is 0.0469. The molecule has 0 aliphatic carbocycles. The molecule has 10 heteroatoms. The lowest BCUT2D eigenvalue weighted by atomic mass is 10.1. The van der Waals surface area contributed by atoms with E-state index >= 15 is 0 Å². The van der Waals surface area contributed by atoms with Crippen LogP contribution in [-0.2, 0) is 17.8 Å². The summed E-state index contributed by atoms with van der Waals surface area (Å²) in [5.41, 5.74) is 0.891. The number of anilines is 1. The smallest absolute Gasteiger partial charge is 0.340 e. The van der Waals surface area contributed by atoms with Gasteiger partial charge in [0.15, 0.2) is 0 Å². The number of para-hydroxylation sites is 1. The van der Waals surface area contributed by atoms with Crippen LogP contribution < -0.4 is 15.6 Å². The minimum absolute atomic E-state index is 0.184. The molecule has 0 unspecified atom stereocenters. The Morgan fingerprint density at radius 3 is 2.57 bits per heavy atom. The number of fused-ring (bicyclic) bond motifs is 1. The second kappa shape index (κ2) is 10.5. The van der Waals surface area contributed by atoms with Gasteiger partial charge >= 0.3 is 5.97 Å². The summed E-state index contributed by atoms with van der Waals surface area (Å²) < 4.78 is 11.8. The molecule has 9 nitrogen and oxygen atoms in total. The van der Waals surface area contributed by atoms with Gasteiger partial charge in [-0.15, -0.1) is 0 Å². The van der Waals surface area contributed by atoms with Crippen LogP contribution in [-0.4, -0.2) is 33.6 Å². The Kier molecular flexibility index (Phi) is 7.21. The van der Waals surface area contributed by atoms with Crippen LogP contribution in [0.25, 0.3) is 4.96 Å². The van der Waals surface area contributed by atoms with Crippen molar-refractivity contribution in [3.63, 3.8) is 0 Å². The number of rotatable bonds is 8. The molecule has 4 rings (SSSR count). The summed E-state index contributed by atoms with van der Waals surface area (Å²) in [6.07, 6.45) is 0.747. The van der Waals surface area contributed by atoms with Crippen LogP contribution >= 0.6 is 11.3 Å². The second-order valence-electron chi connectivity index (χ2n) is 8.18. The van der Waals surface area contributed by atoms with E-state index in [-0.39, 0.29) is 23.6 Å². The van der Waals surface area contributed by atoms with Gasteiger partial charge in [-0.2, -0.15) is 9.61 Å². The van der Waals surface area contributed by atoms with E-state index in [0.717, 1.165) is 11.4 Å². The fraction of sp³-hybridized carbons (Fsp3) is 0.240. The predicted octanol–water partition coefficient (Wildman–Crippen LogP) is 3.97. The zero-order valence-corrected chi connectivity index (χ0v) is 20.3. The Hall–Kier alpha value is -4.05. The first-order valence-electron chi connectivity index (χ1n) is 10.9. The monoisotopic (exact) mass is 492 g/mol. The number of nitrogens with zero attached hydrogens (tertiary/aromatic N) is 3. The predicted molar refractivity (Wildman–Crippen MR) is 132 cm³/mol. The normalized spacial score (nSPS) is 11.0. The molecule has 2 aromatic heterocycles. The fourth-order valence-corrected chi connectivity index (χ4v) is 4.46. The van der Waals surface area contributed by atoms with Crippen molar-refractivity contribution >= 4 is 33.9 Å². The number of amides is 1. The van der Waals surface area contributed by atoms with E-state index in [0.29, 0.717) is 33.6 Å². The van der Waals surface area contributed by atoms with Gasteiger partial charge < -0.3 is 14.8 Å². The quantitative estimate of drug-likeness (QED) is 0.371. The Balaban J connectivity index is 1.47. The van der Waals surface area contributed by atoms with Crippen molar-refractivity contribution in [2.75, 3.05) is 12.4 Å². The molecule has 4 aromatic rings. The maximum atomic E-state index is 12.8. The summed E-state index contributed by atoms with van der Waals surface area (Å²) in [5, 5.41) is 7.87. The SMILES string of the molecule is COc1ccc(C(=O)Nc2ccccc2C(=O)OCc2cc(=O)n3nc(CC(C)C)sc3n2)cc1. The van der Waals surface area contributed by atoms with Crippen molar-refractivity contribution in [3.8, 4) is 5.75 Å². The molecule has 0 atom stereocenters. The number of ether oxygens (including phenoxy) is 2. The van der Waals surface area contributed by atoms with E-state index < -0.39 is 5.97 Å². The first kappa shape index (κ1) is 24.1. The summed E-state index contributed by atoms with van der Waals surface area (Å²) in [6, 6.07) is 14.5. The highest BCUT2D eigenvalue weighted by atomic mass is 32.1. The van der Waals surface area contributed by atoms with E-state index in [2.05, 4.69) is 29.2 Å². The van der Waals surface area contributed by atoms with Crippen LogP contribution in [0.15, 0.2) is 59.4 Å². The molecule has 35 heavy (non-hydrogen) atoms. The summed E-state index contributed by atoms with van der Waals surface area (Å²) in [5.74, 6) is 0.00118. The van der Waals surface area contributed by atoms with Crippen molar-refractivity contribution in [2.24, 2.45) is 5.92 Å². The van der Waals surface area contributed by atoms with Gasteiger partial charge in [0.2, 0.25) is 4.96 Å².